The summed E-state index contributed by atoms with van der Waals surface area (Å²) < 4.78 is 244. The molecule has 26 rings (SSSR count). The van der Waals surface area contributed by atoms with Crippen LogP contribution in [0.5, 0.6) is 0 Å². The second kappa shape index (κ2) is 49.6. The van der Waals surface area contributed by atoms with Crippen LogP contribution in [0.4, 0.5) is 0 Å². The zero-order valence-corrected chi connectivity index (χ0v) is 90.0. The molecule has 35 nitrogen and oxygen atoms in total. The molecular formula is C109H162O35. The molecule has 0 aliphatic carbocycles. The molecule has 0 saturated carbocycles. The van der Waals surface area contributed by atoms with Crippen molar-refractivity contribution >= 4 is 0 Å². The molecule has 20 saturated heterocycles. The van der Waals surface area contributed by atoms with Gasteiger partial charge in [-0.1, -0.05) is 198 Å². The summed E-state index contributed by atoms with van der Waals surface area (Å²) in [5.41, 5.74) is 4.59. The van der Waals surface area contributed by atoms with E-state index in [4.69, 9.17) is 166 Å². The molecule has 808 valence electrons. The first kappa shape index (κ1) is 114. The summed E-state index contributed by atoms with van der Waals surface area (Å²) in [5, 5.41) is 0. The van der Waals surface area contributed by atoms with Gasteiger partial charge in [0.1, 0.15) is 182 Å². The van der Waals surface area contributed by atoms with E-state index in [1.807, 2.05) is 0 Å². The molecule has 0 spiro atoms. The normalized spacial score (nSPS) is 36.9. The fourth-order valence-corrected chi connectivity index (χ4v) is 22.2. The van der Waals surface area contributed by atoms with E-state index in [1.165, 1.54) is 64.0 Å². The molecule has 35 atom stereocenters. The van der Waals surface area contributed by atoms with E-state index in [0.29, 0.717) is 11.1 Å². The molecule has 5 aromatic carbocycles. The van der Waals surface area contributed by atoms with Crippen LogP contribution in [0.1, 0.15) is 139 Å². The Kier molecular flexibility index (Phi) is 39.4. The topological polar surface area (TPSA) is 323 Å². The summed E-state index contributed by atoms with van der Waals surface area (Å²) in [6.07, 6.45) is -40.3. The average molecular weight is 2030 g/mol. The number of fused-ring (bicyclic) bond motifs is 3. The van der Waals surface area contributed by atoms with Gasteiger partial charge in [-0.15, -0.1) is 0 Å². The summed E-state index contributed by atoms with van der Waals surface area (Å²) in [6.45, 7) is 25.4. The van der Waals surface area contributed by atoms with Crippen molar-refractivity contribution in [2.45, 2.75) is 331 Å². The lowest BCUT2D eigenvalue weighted by Gasteiger charge is -2.53. The summed E-state index contributed by atoms with van der Waals surface area (Å²) >= 11 is 0. The molecule has 35 unspecified atom stereocenters. The zero-order valence-electron chi connectivity index (χ0n) is 90.0. The SMILES string of the molecule is COCC1OC2OC3C(COC)OC(OC4C(COC)OC(OC5C6COC(c7ccc(C(C)(C)C)cc7)(c7ccc(C(C)(C)C)cc7)c7cccc(c7)C(c7ccc(C(C)(C)C)cc7)(c7ccc(C(C)(C)C)cc7)OCC7OC(OC8C(COC)OC(OC9C(COC)OC(OC1C(OC)C2OC)C(OC)C9OC)C(OC)C8OC)C(OC)C(OC)C7OC(O6)C(OC)C5OC)C(OC)C4OC)C(OC)C3OC. The number of benzene rings is 5. The van der Waals surface area contributed by atoms with Gasteiger partial charge in [0.05, 0.1) is 46.2 Å². The number of methoxy groups -OCH3 is 19. The van der Waals surface area contributed by atoms with Crippen molar-refractivity contribution < 1.29 is 166 Å². The minimum Gasteiger partial charge on any atom is -0.382 e. The van der Waals surface area contributed by atoms with Crippen LogP contribution in [0.15, 0.2) is 121 Å². The first-order valence-electron chi connectivity index (χ1n) is 49.9. The Balaban J connectivity index is 1.01. The highest BCUT2D eigenvalue weighted by molar-refractivity contribution is 5.55. The number of hydrogen-bond acceptors (Lipinski definition) is 35. The van der Waals surface area contributed by atoms with Crippen molar-refractivity contribution in [3.05, 3.63) is 177 Å². The lowest BCUT2D eigenvalue weighted by molar-refractivity contribution is -0.403. The molecule has 21 heterocycles. The van der Waals surface area contributed by atoms with Gasteiger partial charge < -0.3 is 166 Å². The van der Waals surface area contributed by atoms with Gasteiger partial charge in [-0.25, -0.2) is 0 Å². The highest BCUT2D eigenvalue weighted by Gasteiger charge is 2.64. The Labute approximate surface area is 850 Å². The van der Waals surface area contributed by atoms with Gasteiger partial charge in [-0.05, 0) is 83.4 Å². The maximum absolute atomic E-state index is 8.37. The van der Waals surface area contributed by atoms with Gasteiger partial charge in [0.2, 0.25) is 0 Å². The van der Waals surface area contributed by atoms with Gasteiger partial charge in [0.25, 0.3) is 0 Å². The molecule has 5 aromatic rings. The zero-order chi connectivity index (χ0) is 104. The molecule has 0 amide bonds. The first-order chi connectivity index (χ1) is 69.0. The quantitative estimate of drug-likeness (QED) is 0.0449. The standard InChI is InChI=1S/C109H162O35/c1-104(2,3)59-35-43-63(44-36-59)108(64-45-37-60(38-46-64)105(4,5)6)67-33-32-34-68(51-67)109(65-47-39-61(40-48-65)106(7,8)9,66-49-41-62(42-50-66)107(10,11)12)130-58-75-82-89(121-24)95(127-30)102(136-75)142-80-73(56-114-17)134-100(93(125-28)87(80)119-22)140-78-71(54-112-15)132-98(91(123-26)85(78)117-20)138-76-69(52-110-13)131-97(90(122-25)83(76)115-18)139-77-70(53-111-14)133-99(92(124-27)84(77)116-19)141-79-72(55-113-16)135-101(94(126-29)86(79)118-21)143-81-74(57-129-108)137-103(144-82)96(128-31)88(81)120-23/h32-51,69-103H,52-58H2,1-31H3. The van der Waals surface area contributed by atoms with Crippen LogP contribution in [-0.2, 0) is 199 Å². The molecular weight excluding hydrogens is 1870 g/mol. The van der Waals surface area contributed by atoms with Gasteiger partial charge in [0, 0.05) is 135 Å². The van der Waals surface area contributed by atoms with E-state index in [2.05, 4.69) is 204 Å². The maximum atomic E-state index is 8.37. The van der Waals surface area contributed by atoms with Gasteiger partial charge in [-0.3, -0.25) is 0 Å². The van der Waals surface area contributed by atoms with Crippen LogP contribution in [0.25, 0.3) is 0 Å². The number of hydrogen-bond donors (Lipinski definition) is 0. The van der Waals surface area contributed by atoms with Gasteiger partial charge in [0.15, 0.2) is 44.0 Å². The lowest BCUT2D eigenvalue weighted by Crippen LogP contribution is -2.69. The summed E-state index contributed by atoms with van der Waals surface area (Å²) in [6, 6.07) is 43.2. The van der Waals surface area contributed by atoms with Gasteiger partial charge >= 0.3 is 0 Å². The fraction of sp³-hybridized carbons (Fsp3) is 0.725. The second-order valence-corrected chi connectivity index (χ2v) is 42.5. The Bertz CT molecular complexity index is 4570. The van der Waals surface area contributed by atoms with Crippen LogP contribution in [0.2, 0.25) is 0 Å². The molecule has 20 fully saturated rings. The Morgan fingerprint density at radius 2 is 0.382 bits per heavy atom. The highest BCUT2D eigenvalue weighted by Crippen LogP contribution is 2.52. The molecule has 35 heteroatoms. The van der Waals surface area contributed by atoms with E-state index in [-0.39, 0.29) is 67.9 Å². The van der Waals surface area contributed by atoms with Gasteiger partial charge in [-0.2, -0.15) is 0 Å². The molecule has 0 aromatic heterocycles. The summed E-state index contributed by atoms with van der Waals surface area (Å²) in [7, 11) is 29.3. The Morgan fingerprint density at radius 3 is 0.556 bits per heavy atom. The van der Waals surface area contributed by atoms with E-state index in [1.54, 1.807) is 71.1 Å². The van der Waals surface area contributed by atoms with Crippen LogP contribution in [0.3, 0.4) is 0 Å². The van der Waals surface area contributed by atoms with E-state index in [9.17, 15) is 0 Å². The molecule has 0 radical (unpaired) electrons. The van der Waals surface area contributed by atoms with Crippen molar-refractivity contribution in [3.8, 4) is 0 Å². The minimum absolute atomic E-state index is 0.0649. The van der Waals surface area contributed by atoms with Crippen LogP contribution >= 0.6 is 0 Å². The van der Waals surface area contributed by atoms with E-state index < -0.39 is 226 Å². The Hall–Kier alpha value is -5.30. The van der Waals surface area contributed by atoms with Crippen molar-refractivity contribution in [1.29, 1.82) is 0 Å². The third-order valence-corrected chi connectivity index (χ3v) is 29.9. The fourth-order valence-electron chi connectivity index (χ4n) is 22.2. The van der Waals surface area contributed by atoms with Crippen molar-refractivity contribution in [1.82, 2.24) is 0 Å². The van der Waals surface area contributed by atoms with Crippen LogP contribution < -0.4 is 0 Å². The van der Waals surface area contributed by atoms with Crippen LogP contribution in [0, 0.1) is 0 Å². The first-order valence-corrected chi connectivity index (χ1v) is 49.9. The Morgan fingerprint density at radius 1 is 0.208 bits per heavy atom. The molecule has 144 heavy (non-hydrogen) atoms. The summed E-state index contributed by atoms with van der Waals surface area (Å²) in [4.78, 5) is 0. The number of rotatable bonds is 28. The molecule has 18 bridgehead atoms. The third kappa shape index (κ3) is 23.4. The second-order valence-electron chi connectivity index (χ2n) is 42.5. The van der Waals surface area contributed by atoms with Crippen LogP contribution in [-0.4, -0.2) is 396 Å². The average Bonchev–Trinajstić information content (AvgIpc) is 0.900. The molecule has 21 aliphatic heterocycles. The van der Waals surface area contributed by atoms with E-state index >= 15 is 0 Å². The largest absolute Gasteiger partial charge is 0.382 e. The maximum Gasteiger partial charge on any atom is 0.187 e. The predicted molar refractivity (Wildman–Crippen MR) is 524 cm³/mol. The third-order valence-electron chi connectivity index (χ3n) is 29.9. The smallest absolute Gasteiger partial charge is 0.187 e. The summed E-state index contributed by atoms with van der Waals surface area (Å²) in [5.74, 6) is 0. The van der Waals surface area contributed by atoms with Crippen molar-refractivity contribution in [2.75, 3.05) is 181 Å². The minimum atomic E-state index is -1.58. The van der Waals surface area contributed by atoms with E-state index in [0.717, 1.165) is 44.5 Å². The molecule has 21 aliphatic rings. The molecule has 0 N–H and O–H groups in total. The van der Waals surface area contributed by atoms with Crippen molar-refractivity contribution in [3.63, 3.8) is 0 Å². The predicted octanol–water partition coefficient (Wildman–Crippen LogP) is 10.7. The monoisotopic (exact) mass is 2030 g/mol. The lowest BCUT2D eigenvalue weighted by atomic mass is 9.73. The highest BCUT2D eigenvalue weighted by atomic mass is 16.8. The van der Waals surface area contributed by atoms with Crippen molar-refractivity contribution in [2.24, 2.45) is 0 Å². The number of ether oxygens (including phenoxy) is 35.